The van der Waals surface area contributed by atoms with E-state index in [9.17, 15) is 4.79 Å². The zero-order valence-corrected chi connectivity index (χ0v) is 12.2. The number of hydrogen-bond donors (Lipinski definition) is 2. The van der Waals surface area contributed by atoms with Crippen LogP contribution in [0.3, 0.4) is 0 Å². The van der Waals surface area contributed by atoms with Crippen molar-refractivity contribution in [1.29, 1.82) is 0 Å². The molecule has 0 saturated carbocycles. The number of nitrogens with one attached hydrogen (secondary N) is 1. The van der Waals surface area contributed by atoms with Gasteiger partial charge in [-0.1, -0.05) is 22.0 Å². The van der Waals surface area contributed by atoms with E-state index >= 15 is 0 Å². The molecule has 1 aliphatic heterocycles. The van der Waals surface area contributed by atoms with Crippen molar-refractivity contribution in [2.75, 3.05) is 18.0 Å². The van der Waals surface area contributed by atoms with Crippen molar-refractivity contribution < 1.29 is 4.79 Å². The third-order valence-corrected chi connectivity index (χ3v) is 3.56. The summed E-state index contributed by atoms with van der Waals surface area (Å²) in [5, 5.41) is 3.83. The van der Waals surface area contributed by atoms with Gasteiger partial charge in [0.05, 0.1) is 6.21 Å². The second-order valence-corrected chi connectivity index (χ2v) is 5.40. The zero-order chi connectivity index (χ0) is 13.7. The van der Waals surface area contributed by atoms with Gasteiger partial charge >= 0.3 is 6.03 Å². The molecule has 0 atom stereocenters. The van der Waals surface area contributed by atoms with Gasteiger partial charge in [0.1, 0.15) is 0 Å². The van der Waals surface area contributed by atoms with E-state index in [1.165, 1.54) is 19.3 Å². The molecule has 19 heavy (non-hydrogen) atoms. The summed E-state index contributed by atoms with van der Waals surface area (Å²) in [6.45, 7) is 2.11. The Bertz CT molecular complexity index is 484. The summed E-state index contributed by atoms with van der Waals surface area (Å²) in [6.07, 6.45) is 5.34. The van der Waals surface area contributed by atoms with Gasteiger partial charge < -0.3 is 10.6 Å². The molecule has 0 spiro atoms. The van der Waals surface area contributed by atoms with Crippen LogP contribution in [0.2, 0.25) is 0 Å². The Balaban J connectivity index is 2.21. The highest BCUT2D eigenvalue weighted by Crippen LogP contribution is 2.26. The summed E-state index contributed by atoms with van der Waals surface area (Å²) in [4.78, 5) is 13.0. The highest BCUT2D eigenvalue weighted by molar-refractivity contribution is 9.10. The van der Waals surface area contributed by atoms with Crippen LogP contribution in [0, 0.1) is 0 Å². The number of urea groups is 1. The molecule has 1 aromatic carbocycles. The topological polar surface area (TPSA) is 70.7 Å². The first-order chi connectivity index (χ1) is 9.16. The van der Waals surface area contributed by atoms with Crippen molar-refractivity contribution in [1.82, 2.24) is 5.43 Å². The summed E-state index contributed by atoms with van der Waals surface area (Å²) >= 11 is 3.49. The normalized spacial score (nSPS) is 15.7. The van der Waals surface area contributed by atoms with Gasteiger partial charge in [-0.2, -0.15) is 5.10 Å². The van der Waals surface area contributed by atoms with E-state index < -0.39 is 6.03 Å². The Kier molecular flexibility index (Phi) is 4.79. The number of hydrazone groups is 1. The molecule has 2 rings (SSSR count). The van der Waals surface area contributed by atoms with Crippen LogP contribution in [0.4, 0.5) is 10.5 Å². The molecule has 6 heteroatoms. The van der Waals surface area contributed by atoms with E-state index in [2.05, 4.69) is 37.4 Å². The lowest BCUT2D eigenvalue weighted by Gasteiger charge is -2.30. The molecule has 1 heterocycles. The van der Waals surface area contributed by atoms with Gasteiger partial charge in [-0.05, 0) is 31.4 Å². The molecule has 0 aromatic heterocycles. The monoisotopic (exact) mass is 324 g/mol. The number of rotatable bonds is 3. The second-order valence-electron chi connectivity index (χ2n) is 4.49. The smallest absolute Gasteiger partial charge is 0.332 e. The Morgan fingerprint density at radius 2 is 2.11 bits per heavy atom. The van der Waals surface area contributed by atoms with E-state index in [0.29, 0.717) is 0 Å². The van der Waals surface area contributed by atoms with Crippen molar-refractivity contribution in [2.45, 2.75) is 19.3 Å². The number of piperidine rings is 1. The second kappa shape index (κ2) is 6.56. The highest BCUT2D eigenvalue weighted by atomic mass is 79.9. The number of anilines is 1. The van der Waals surface area contributed by atoms with Crippen LogP contribution in [-0.4, -0.2) is 25.3 Å². The minimum absolute atomic E-state index is 0.659. The molecule has 0 bridgehead atoms. The average Bonchev–Trinajstić information content (AvgIpc) is 2.41. The third-order valence-electron chi connectivity index (χ3n) is 3.07. The van der Waals surface area contributed by atoms with Crippen molar-refractivity contribution in [2.24, 2.45) is 10.8 Å². The Morgan fingerprint density at radius 3 is 2.79 bits per heavy atom. The molecule has 1 fully saturated rings. The summed E-state index contributed by atoms with van der Waals surface area (Å²) < 4.78 is 1.04. The number of amides is 2. The molecule has 102 valence electrons. The Hall–Kier alpha value is -1.56. The van der Waals surface area contributed by atoms with Crippen molar-refractivity contribution in [3.8, 4) is 0 Å². The fraction of sp³-hybridized carbons (Fsp3) is 0.385. The van der Waals surface area contributed by atoms with E-state index in [1.807, 2.05) is 12.1 Å². The number of hydrogen-bond acceptors (Lipinski definition) is 3. The van der Waals surface area contributed by atoms with Crippen LogP contribution in [0.1, 0.15) is 24.8 Å². The van der Waals surface area contributed by atoms with Gasteiger partial charge in [-0.25, -0.2) is 10.2 Å². The highest BCUT2D eigenvalue weighted by Gasteiger charge is 2.14. The van der Waals surface area contributed by atoms with Crippen molar-refractivity contribution >= 4 is 33.9 Å². The summed E-state index contributed by atoms with van der Waals surface area (Å²) in [6, 6.07) is 5.35. The fourth-order valence-electron chi connectivity index (χ4n) is 2.20. The summed E-state index contributed by atoms with van der Waals surface area (Å²) in [5.41, 5.74) is 9.30. The molecule has 2 amide bonds. The molecule has 5 nitrogen and oxygen atoms in total. The molecule has 1 aliphatic rings. The Labute approximate surface area is 121 Å². The Morgan fingerprint density at radius 1 is 1.37 bits per heavy atom. The van der Waals surface area contributed by atoms with Crippen molar-refractivity contribution in [3.63, 3.8) is 0 Å². The maximum Gasteiger partial charge on any atom is 0.332 e. The molecule has 1 aromatic rings. The fourth-order valence-corrected chi connectivity index (χ4v) is 2.55. The number of carbonyl (C=O) groups excluding carboxylic acids is 1. The molecular formula is C13H17BrN4O. The molecular weight excluding hydrogens is 308 g/mol. The lowest BCUT2D eigenvalue weighted by molar-refractivity contribution is 0.249. The first kappa shape index (κ1) is 13.9. The minimum Gasteiger partial charge on any atom is -0.371 e. The predicted octanol–water partition coefficient (Wildman–Crippen LogP) is 2.44. The van der Waals surface area contributed by atoms with Crippen LogP contribution < -0.4 is 16.1 Å². The summed E-state index contributed by atoms with van der Waals surface area (Å²) in [5.74, 6) is 0. The van der Waals surface area contributed by atoms with Gasteiger partial charge in [-0.3, -0.25) is 0 Å². The number of nitrogens with two attached hydrogens (primary N) is 1. The van der Waals surface area contributed by atoms with E-state index in [4.69, 9.17) is 5.73 Å². The molecule has 0 aliphatic carbocycles. The van der Waals surface area contributed by atoms with Gasteiger partial charge in [0.15, 0.2) is 0 Å². The average molecular weight is 325 g/mol. The lowest BCUT2D eigenvalue weighted by atomic mass is 10.1. The van der Waals surface area contributed by atoms with Crippen LogP contribution in [-0.2, 0) is 0 Å². The predicted molar refractivity (Wildman–Crippen MR) is 80.5 cm³/mol. The van der Waals surface area contributed by atoms with Gasteiger partial charge in [-0.15, -0.1) is 0 Å². The van der Waals surface area contributed by atoms with Crippen LogP contribution in [0.25, 0.3) is 0 Å². The van der Waals surface area contributed by atoms with Gasteiger partial charge in [0, 0.05) is 28.8 Å². The van der Waals surface area contributed by atoms with Crippen LogP contribution in [0.5, 0.6) is 0 Å². The van der Waals surface area contributed by atoms with E-state index in [0.717, 1.165) is 28.8 Å². The quantitative estimate of drug-likeness (QED) is 0.662. The number of primary amides is 1. The number of carbonyl (C=O) groups is 1. The van der Waals surface area contributed by atoms with Gasteiger partial charge in [0.2, 0.25) is 0 Å². The third kappa shape index (κ3) is 3.96. The van der Waals surface area contributed by atoms with Crippen LogP contribution in [0.15, 0.2) is 27.8 Å². The van der Waals surface area contributed by atoms with Crippen molar-refractivity contribution in [3.05, 3.63) is 28.2 Å². The lowest BCUT2D eigenvalue weighted by Crippen LogP contribution is -2.30. The first-order valence-electron chi connectivity index (χ1n) is 6.30. The van der Waals surface area contributed by atoms with Gasteiger partial charge in [0.25, 0.3) is 0 Å². The molecule has 0 unspecified atom stereocenters. The molecule has 3 N–H and O–H groups in total. The van der Waals surface area contributed by atoms with E-state index in [-0.39, 0.29) is 0 Å². The minimum atomic E-state index is -0.659. The van der Waals surface area contributed by atoms with Crippen LogP contribution >= 0.6 is 15.9 Å². The largest absolute Gasteiger partial charge is 0.371 e. The number of halogens is 1. The number of benzene rings is 1. The maximum atomic E-state index is 10.6. The zero-order valence-electron chi connectivity index (χ0n) is 10.6. The first-order valence-corrected chi connectivity index (χ1v) is 7.09. The maximum absolute atomic E-state index is 10.6. The number of nitrogens with zero attached hydrogens (tertiary/aromatic N) is 2. The standard InChI is InChI=1S/C13H17BrN4O/c14-11-5-4-10(9-16-17-13(15)19)12(8-11)18-6-2-1-3-7-18/h4-5,8-9H,1-3,6-7H2,(H3,15,17,19). The summed E-state index contributed by atoms with van der Waals surface area (Å²) in [7, 11) is 0. The SMILES string of the molecule is NC(=O)NN=Cc1ccc(Br)cc1N1CCCCC1. The van der Waals surface area contributed by atoms with E-state index in [1.54, 1.807) is 6.21 Å². The molecule has 0 radical (unpaired) electrons. The molecule has 1 saturated heterocycles.